The Hall–Kier alpha value is 0.260. The molecule has 0 radical (unpaired) electrons. The van der Waals surface area contributed by atoms with E-state index in [1.807, 2.05) is 11.8 Å². The van der Waals surface area contributed by atoms with Crippen LogP contribution >= 0.6 is 35.9 Å². The van der Waals surface area contributed by atoms with Crippen molar-refractivity contribution in [3.05, 3.63) is 6.33 Å². The normalized spacial score (nSPS) is 20.1. The molecule has 1 saturated carbocycles. The van der Waals surface area contributed by atoms with Gasteiger partial charge >= 0.3 is 0 Å². The Kier molecular flexibility index (Phi) is 3.73. The molecular formula is C9H14N2S3. The third-order valence-electron chi connectivity index (χ3n) is 2.84. The van der Waals surface area contributed by atoms with Crippen LogP contribution in [-0.2, 0) is 0 Å². The number of thiol groups is 1. The number of rotatable bonds is 4. The summed E-state index contributed by atoms with van der Waals surface area (Å²) in [5.41, 5.74) is 0.472. The van der Waals surface area contributed by atoms with Gasteiger partial charge in [-0.1, -0.05) is 24.6 Å². The second-order valence-corrected chi connectivity index (χ2v) is 6.18. The first-order chi connectivity index (χ1) is 6.85. The van der Waals surface area contributed by atoms with Gasteiger partial charge in [0, 0.05) is 5.75 Å². The van der Waals surface area contributed by atoms with Crippen LogP contribution in [0.2, 0.25) is 0 Å². The summed E-state index contributed by atoms with van der Waals surface area (Å²) < 4.78 is 5.10. The van der Waals surface area contributed by atoms with Gasteiger partial charge in [-0.25, -0.2) is 4.98 Å². The molecule has 0 N–H and O–H groups in total. The second-order valence-electron chi connectivity index (χ2n) is 3.86. The first-order valence-corrected chi connectivity index (χ1v) is 7.24. The van der Waals surface area contributed by atoms with Crippen molar-refractivity contribution in [2.45, 2.75) is 30.0 Å². The fourth-order valence-electron chi connectivity index (χ4n) is 1.91. The van der Waals surface area contributed by atoms with Gasteiger partial charge in [-0.3, -0.25) is 0 Å². The van der Waals surface area contributed by atoms with Crippen LogP contribution in [0.3, 0.4) is 0 Å². The molecule has 0 bridgehead atoms. The van der Waals surface area contributed by atoms with Crippen LogP contribution in [0, 0.1) is 5.41 Å². The van der Waals surface area contributed by atoms with Crippen molar-refractivity contribution in [3.8, 4) is 0 Å². The SMILES string of the molecule is SCC1(CSc2ncns2)CCCC1. The maximum absolute atomic E-state index is 4.49. The molecule has 1 aromatic heterocycles. The average Bonchev–Trinajstić information content (AvgIpc) is 2.87. The van der Waals surface area contributed by atoms with Crippen molar-refractivity contribution < 1.29 is 0 Å². The number of hydrogen-bond donors (Lipinski definition) is 1. The maximum Gasteiger partial charge on any atom is 0.169 e. The Morgan fingerprint density at radius 1 is 1.50 bits per heavy atom. The van der Waals surface area contributed by atoms with Gasteiger partial charge in [0.05, 0.1) is 0 Å². The molecular weight excluding hydrogens is 232 g/mol. The van der Waals surface area contributed by atoms with E-state index in [0.29, 0.717) is 5.41 Å². The van der Waals surface area contributed by atoms with Gasteiger partial charge in [0.15, 0.2) is 4.34 Å². The fraction of sp³-hybridized carbons (Fsp3) is 0.778. The fourth-order valence-corrected chi connectivity index (χ4v) is 4.23. The molecule has 0 amide bonds. The first-order valence-electron chi connectivity index (χ1n) is 4.85. The zero-order chi connectivity index (χ0) is 9.86. The smallest absolute Gasteiger partial charge is 0.169 e. The molecule has 0 aromatic carbocycles. The first kappa shape index (κ1) is 10.8. The van der Waals surface area contributed by atoms with E-state index < -0.39 is 0 Å². The van der Waals surface area contributed by atoms with Gasteiger partial charge in [0.2, 0.25) is 0 Å². The summed E-state index contributed by atoms with van der Waals surface area (Å²) >= 11 is 7.82. The molecule has 0 saturated heterocycles. The van der Waals surface area contributed by atoms with E-state index in [1.54, 1.807) is 6.33 Å². The summed E-state index contributed by atoms with van der Waals surface area (Å²) in [6, 6.07) is 0. The van der Waals surface area contributed by atoms with E-state index in [2.05, 4.69) is 22.0 Å². The van der Waals surface area contributed by atoms with E-state index >= 15 is 0 Å². The number of hydrogen-bond acceptors (Lipinski definition) is 5. The highest BCUT2D eigenvalue weighted by atomic mass is 32.2. The minimum atomic E-state index is 0.472. The zero-order valence-corrected chi connectivity index (χ0v) is 10.5. The Bertz CT molecular complexity index is 268. The predicted molar refractivity (Wildman–Crippen MR) is 65.4 cm³/mol. The van der Waals surface area contributed by atoms with Crippen LogP contribution in [0.25, 0.3) is 0 Å². The standard InChI is InChI=1S/C9H14N2S3/c12-5-9(3-1-2-4-9)6-13-8-10-7-11-14-8/h7,12H,1-6H2. The van der Waals surface area contributed by atoms with Crippen LogP contribution in [0.5, 0.6) is 0 Å². The summed E-state index contributed by atoms with van der Waals surface area (Å²) in [5, 5.41) is 0. The van der Waals surface area contributed by atoms with Crippen molar-refractivity contribution in [1.82, 2.24) is 9.36 Å². The summed E-state index contributed by atoms with van der Waals surface area (Å²) in [6.45, 7) is 0. The van der Waals surface area contributed by atoms with Crippen LogP contribution in [0.1, 0.15) is 25.7 Å². The van der Waals surface area contributed by atoms with Crippen LogP contribution in [-0.4, -0.2) is 20.9 Å². The minimum Gasteiger partial charge on any atom is -0.216 e. The topological polar surface area (TPSA) is 25.8 Å². The lowest BCUT2D eigenvalue weighted by molar-refractivity contribution is 0.403. The third-order valence-corrected chi connectivity index (χ3v) is 5.66. The van der Waals surface area contributed by atoms with Gasteiger partial charge in [-0.2, -0.15) is 17.0 Å². The van der Waals surface area contributed by atoms with E-state index in [-0.39, 0.29) is 0 Å². The molecule has 1 fully saturated rings. The maximum atomic E-state index is 4.49. The summed E-state index contributed by atoms with van der Waals surface area (Å²) in [5.74, 6) is 2.17. The molecule has 1 aromatic rings. The molecule has 0 unspecified atom stereocenters. The molecule has 1 aliphatic carbocycles. The summed E-state index contributed by atoms with van der Waals surface area (Å²) in [6.07, 6.45) is 7.05. The lowest BCUT2D eigenvalue weighted by atomic mass is 9.91. The quantitative estimate of drug-likeness (QED) is 0.653. The van der Waals surface area contributed by atoms with Crippen LogP contribution in [0.15, 0.2) is 10.7 Å². The Balaban J connectivity index is 1.89. The molecule has 2 rings (SSSR count). The van der Waals surface area contributed by atoms with E-state index in [4.69, 9.17) is 0 Å². The number of thioether (sulfide) groups is 1. The minimum absolute atomic E-state index is 0.472. The lowest BCUT2D eigenvalue weighted by Gasteiger charge is -2.25. The third kappa shape index (κ3) is 2.44. The van der Waals surface area contributed by atoms with E-state index in [9.17, 15) is 0 Å². The van der Waals surface area contributed by atoms with Crippen molar-refractivity contribution in [2.24, 2.45) is 5.41 Å². The van der Waals surface area contributed by atoms with Gasteiger partial charge in [0.25, 0.3) is 0 Å². The van der Waals surface area contributed by atoms with Crippen molar-refractivity contribution in [1.29, 1.82) is 0 Å². The molecule has 1 aliphatic rings. The predicted octanol–water partition coefficient (Wildman–Crippen LogP) is 3.12. The van der Waals surface area contributed by atoms with Gasteiger partial charge in [-0.05, 0) is 35.5 Å². The second kappa shape index (κ2) is 4.86. The Morgan fingerprint density at radius 2 is 2.29 bits per heavy atom. The van der Waals surface area contributed by atoms with Crippen molar-refractivity contribution in [3.63, 3.8) is 0 Å². The summed E-state index contributed by atoms with van der Waals surface area (Å²) in [7, 11) is 0. The molecule has 14 heavy (non-hydrogen) atoms. The largest absolute Gasteiger partial charge is 0.216 e. The van der Waals surface area contributed by atoms with E-state index in [0.717, 1.165) is 15.8 Å². The highest BCUT2D eigenvalue weighted by Crippen LogP contribution is 2.42. The Labute approximate surface area is 98.5 Å². The highest BCUT2D eigenvalue weighted by Gasteiger charge is 2.32. The monoisotopic (exact) mass is 246 g/mol. The average molecular weight is 246 g/mol. The number of aromatic nitrogens is 2. The molecule has 1 heterocycles. The van der Waals surface area contributed by atoms with Crippen molar-refractivity contribution in [2.75, 3.05) is 11.5 Å². The molecule has 0 atom stereocenters. The van der Waals surface area contributed by atoms with Gasteiger partial charge in [-0.15, -0.1) is 0 Å². The Morgan fingerprint density at radius 3 is 2.86 bits per heavy atom. The van der Waals surface area contributed by atoms with Crippen LogP contribution < -0.4 is 0 Å². The van der Waals surface area contributed by atoms with Crippen molar-refractivity contribution >= 4 is 35.9 Å². The van der Waals surface area contributed by atoms with Gasteiger partial charge < -0.3 is 0 Å². The van der Waals surface area contributed by atoms with Crippen LogP contribution in [0.4, 0.5) is 0 Å². The van der Waals surface area contributed by atoms with E-state index in [1.165, 1.54) is 37.2 Å². The summed E-state index contributed by atoms with van der Waals surface area (Å²) in [4.78, 5) is 4.19. The molecule has 78 valence electrons. The molecule has 5 heteroatoms. The zero-order valence-electron chi connectivity index (χ0n) is 7.98. The lowest BCUT2D eigenvalue weighted by Crippen LogP contribution is -2.21. The molecule has 2 nitrogen and oxygen atoms in total. The van der Waals surface area contributed by atoms with Gasteiger partial charge in [0.1, 0.15) is 6.33 Å². The number of nitrogens with zero attached hydrogens (tertiary/aromatic N) is 2. The molecule has 0 aliphatic heterocycles. The molecule has 0 spiro atoms. The highest BCUT2D eigenvalue weighted by molar-refractivity contribution is 8.01.